The molecule has 1 unspecified atom stereocenters. The van der Waals surface area contributed by atoms with Crippen molar-refractivity contribution in [3.8, 4) is 0 Å². The average Bonchev–Trinajstić information content (AvgIpc) is 2.43. The summed E-state index contributed by atoms with van der Waals surface area (Å²) in [5.74, 6) is 0. The fraction of sp³-hybridized carbons (Fsp3) is 0.438. The molecule has 2 heteroatoms. The summed E-state index contributed by atoms with van der Waals surface area (Å²) in [4.78, 5) is 1.75. The summed E-state index contributed by atoms with van der Waals surface area (Å²) >= 11 is 0. The molecule has 0 heterocycles. The highest BCUT2D eigenvalue weighted by Crippen LogP contribution is 2.15. The Balaban J connectivity index is 2.71. The number of hydrogen-bond donors (Lipinski definition) is 0. The molecule has 0 radical (unpaired) electrons. The molecule has 0 aliphatic rings. The van der Waals surface area contributed by atoms with Crippen molar-refractivity contribution in [1.29, 1.82) is 0 Å². The van der Waals surface area contributed by atoms with Crippen molar-refractivity contribution in [1.82, 2.24) is 0 Å². The molecule has 0 saturated carbocycles. The lowest BCUT2D eigenvalue weighted by Crippen LogP contribution is -1.93. The molecular weight excluding hydrogens is 240 g/mol. The van der Waals surface area contributed by atoms with Crippen LogP contribution in [0.2, 0.25) is 0 Å². The van der Waals surface area contributed by atoms with Crippen LogP contribution in [0.15, 0.2) is 51.9 Å². The number of unbranched alkanes of at least 4 members (excludes halogenated alkanes) is 3. The third-order valence-electron chi connectivity index (χ3n) is 2.72. The quantitative estimate of drug-likeness (QED) is 0.508. The normalized spacial score (nSPS) is 11.7. The third-order valence-corrected chi connectivity index (χ3v) is 4.27. The Hall–Kier alpha value is -1.11. The molecule has 1 aromatic carbocycles. The Morgan fingerprint density at radius 2 is 1.94 bits per heavy atom. The molecule has 0 bridgehead atoms. The van der Waals surface area contributed by atoms with Crippen LogP contribution in [0.25, 0.3) is 0 Å². The molecule has 0 spiro atoms. The standard InChI is InChI=1S/C16H22OS/c1-3-5-6-7-9-12-15(4-2)18(17)16-13-10-8-11-14-16/h8-11,13-14H,3-7H2,1-2H3. The number of rotatable bonds is 7. The molecule has 0 fully saturated rings. The first-order chi connectivity index (χ1) is 8.79. The number of benzene rings is 1. The highest BCUT2D eigenvalue weighted by molar-refractivity contribution is 7.89. The predicted octanol–water partition coefficient (Wildman–Crippen LogP) is 4.82. The van der Waals surface area contributed by atoms with Gasteiger partial charge >= 0.3 is 0 Å². The fourth-order valence-electron chi connectivity index (χ4n) is 1.66. The number of allylic oxidation sites excluding steroid dienone is 1. The molecule has 0 N–H and O–H groups in total. The van der Waals surface area contributed by atoms with Crippen molar-refractivity contribution in [3.63, 3.8) is 0 Å². The summed E-state index contributed by atoms with van der Waals surface area (Å²) in [7, 11) is -1.05. The maximum atomic E-state index is 12.3. The maximum Gasteiger partial charge on any atom is 0.0886 e. The highest BCUT2D eigenvalue weighted by atomic mass is 32.2. The molecule has 0 aliphatic carbocycles. The summed E-state index contributed by atoms with van der Waals surface area (Å²) < 4.78 is 12.3. The van der Waals surface area contributed by atoms with Crippen LogP contribution in [0.4, 0.5) is 0 Å². The van der Waals surface area contributed by atoms with E-state index in [0.29, 0.717) is 0 Å². The second kappa shape index (κ2) is 8.91. The summed E-state index contributed by atoms with van der Waals surface area (Å²) in [5.41, 5.74) is 3.22. The van der Waals surface area contributed by atoms with Crippen molar-refractivity contribution in [3.05, 3.63) is 47.0 Å². The van der Waals surface area contributed by atoms with E-state index < -0.39 is 10.8 Å². The first-order valence-corrected chi connectivity index (χ1v) is 7.85. The molecule has 1 nitrogen and oxygen atoms in total. The molecule has 98 valence electrons. The van der Waals surface area contributed by atoms with E-state index in [-0.39, 0.29) is 0 Å². The lowest BCUT2D eigenvalue weighted by Gasteiger charge is -2.01. The van der Waals surface area contributed by atoms with Crippen LogP contribution in [-0.4, -0.2) is 4.21 Å². The van der Waals surface area contributed by atoms with Gasteiger partial charge in [0.05, 0.1) is 15.7 Å². The van der Waals surface area contributed by atoms with E-state index in [9.17, 15) is 4.21 Å². The molecule has 0 aromatic heterocycles. The summed E-state index contributed by atoms with van der Waals surface area (Å²) in [6.45, 7) is 4.23. The molecule has 18 heavy (non-hydrogen) atoms. The van der Waals surface area contributed by atoms with Crippen molar-refractivity contribution in [2.75, 3.05) is 0 Å². The summed E-state index contributed by atoms with van der Waals surface area (Å²) in [5, 5.41) is 0. The van der Waals surface area contributed by atoms with Gasteiger partial charge in [-0.1, -0.05) is 44.9 Å². The van der Waals surface area contributed by atoms with Crippen LogP contribution in [-0.2, 0) is 10.8 Å². The van der Waals surface area contributed by atoms with E-state index >= 15 is 0 Å². The topological polar surface area (TPSA) is 17.1 Å². The third kappa shape index (κ3) is 5.03. The van der Waals surface area contributed by atoms with Gasteiger partial charge in [0, 0.05) is 4.90 Å². The van der Waals surface area contributed by atoms with Gasteiger partial charge in [0.2, 0.25) is 0 Å². The van der Waals surface area contributed by atoms with E-state index in [4.69, 9.17) is 0 Å². The Bertz CT molecular complexity index is 428. The van der Waals surface area contributed by atoms with E-state index in [2.05, 4.69) is 12.7 Å². The van der Waals surface area contributed by atoms with Crippen molar-refractivity contribution in [2.24, 2.45) is 0 Å². The van der Waals surface area contributed by atoms with Gasteiger partial charge in [-0.2, -0.15) is 0 Å². The molecule has 1 atom stereocenters. The van der Waals surface area contributed by atoms with Gasteiger partial charge in [-0.05, 0) is 37.5 Å². The van der Waals surface area contributed by atoms with Gasteiger partial charge in [0.25, 0.3) is 0 Å². The van der Waals surface area contributed by atoms with Gasteiger partial charge in [-0.15, -0.1) is 5.73 Å². The SMILES string of the molecule is CCCCCC=C=C(CC)S(=O)c1ccccc1. The Morgan fingerprint density at radius 1 is 1.22 bits per heavy atom. The van der Waals surface area contributed by atoms with Crippen molar-refractivity contribution in [2.45, 2.75) is 50.8 Å². The number of hydrogen-bond acceptors (Lipinski definition) is 1. The fourth-order valence-corrected chi connectivity index (χ4v) is 2.80. The van der Waals surface area contributed by atoms with Crippen LogP contribution < -0.4 is 0 Å². The van der Waals surface area contributed by atoms with E-state index in [1.54, 1.807) is 0 Å². The lowest BCUT2D eigenvalue weighted by molar-refractivity contribution is 0.686. The molecule has 1 rings (SSSR count). The predicted molar refractivity (Wildman–Crippen MR) is 78.9 cm³/mol. The lowest BCUT2D eigenvalue weighted by atomic mass is 10.2. The minimum Gasteiger partial charge on any atom is -0.249 e. The van der Waals surface area contributed by atoms with E-state index in [1.807, 2.05) is 43.3 Å². The second-order valence-corrected chi connectivity index (χ2v) is 5.70. The minimum atomic E-state index is -1.05. The smallest absolute Gasteiger partial charge is 0.0886 e. The molecule has 0 aliphatic heterocycles. The minimum absolute atomic E-state index is 0.784. The zero-order valence-corrected chi connectivity index (χ0v) is 12.1. The molecule has 0 amide bonds. The molecule has 0 saturated heterocycles. The summed E-state index contributed by atoms with van der Waals surface area (Å²) in [6.07, 6.45) is 7.53. The summed E-state index contributed by atoms with van der Waals surface area (Å²) in [6, 6.07) is 9.60. The molecular formula is C16H22OS. The van der Waals surface area contributed by atoms with Crippen molar-refractivity contribution < 1.29 is 4.21 Å². The van der Waals surface area contributed by atoms with Crippen LogP contribution in [0.3, 0.4) is 0 Å². The Kier molecular flexibility index (Phi) is 7.40. The zero-order chi connectivity index (χ0) is 13.2. The van der Waals surface area contributed by atoms with E-state index in [1.165, 1.54) is 19.3 Å². The largest absolute Gasteiger partial charge is 0.249 e. The van der Waals surface area contributed by atoms with Gasteiger partial charge < -0.3 is 0 Å². The van der Waals surface area contributed by atoms with Crippen molar-refractivity contribution >= 4 is 10.8 Å². The van der Waals surface area contributed by atoms with Gasteiger partial charge in [0.1, 0.15) is 0 Å². The van der Waals surface area contributed by atoms with Crippen LogP contribution >= 0.6 is 0 Å². The Labute approximate surface area is 113 Å². The van der Waals surface area contributed by atoms with Crippen LogP contribution in [0, 0.1) is 0 Å². The zero-order valence-electron chi connectivity index (χ0n) is 11.3. The second-order valence-electron chi connectivity index (χ2n) is 4.20. The Morgan fingerprint density at radius 3 is 2.56 bits per heavy atom. The van der Waals surface area contributed by atoms with E-state index in [0.717, 1.165) is 22.6 Å². The average molecular weight is 262 g/mol. The maximum absolute atomic E-state index is 12.3. The molecule has 1 aromatic rings. The first-order valence-electron chi connectivity index (χ1n) is 6.70. The van der Waals surface area contributed by atoms with Gasteiger partial charge in [-0.3, -0.25) is 0 Å². The van der Waals surface area contributed by atoms with Gasteiger partial charge in [-0.25, -0.2) is 4.21 Å². The monoisotopic (exact) mass is 262 g/mol. The first kappa shape index (κ1) is 14.9. The van der Waals surface area contributed by atoms with Gasteiger partial charge in [0.15, 0.2) is 0 Å². The van der Waals surface area contributed by atoms with Crippen LogP contribution in [0.1, 0.15) is 46.0 Å². The highest BCUT2D eigenvalue weighted by Gasteiger charge is 2.06. The van der Waals surface area contributed by atoms with Crippen LogP contribution in [0.5, 0.6) is 0 Å².